The van der Waals surface area contributed by atoms with E-state index in [9.17, 15) is 18.0 Å². The van der Waals surface area contributed by atoms with Crippen LogP contribution in [0.4, 0.5) is 0 Å². The molecule has 2 atom stereocenters. The van der Waals surface area contributed by atoms with E-state index < -0.39 is 32.4 Å². The van der Waals surface area contributed by atoms with Crippen LogP contribution in [0.3, 0.4) is 0 Å². The standard InChI is InChI=1S/C18H29NO5S/c1-5-16(2,3)15(21)24-18-9-12-6-13(10-18)8-17(7-12,11-18)14(20)19-25(4,22)23/h12-13H,5-11H2,1-4H3,(H,19,20). The molecule has 0 saturated heterocycles. The number of carbonyl (C=O) groups excluding carboxylic acids is 2. The summed E-state index contributed by atoms with van der Waals surface area (Å²) in [4.78, 5) is 25.4. The van der Waals surface area contributed by atoms with Crippen molar-refractivity contribution >= 4 is 21.9 Å². The fourth-order valence-corrected chi connectivity index (χ4v) is 5.87. The van der Waals surface area contributed by atoms with Gasteiger partial charge in [-0.15, -0.1) is 0 Å². The van der Waals surface area contributed by atoms with Gasteiger partial charge in [-0.2, -0.15) is 0 Å². The molecule has 4 fully saturated rings. The quantitative estimate of drug-likeness (QED) is 0.750. The third kappa shape index (κ3) is 3.44. The molecule has 0 aromatic rings. The minimum Gasteiger partial charge on any atom is -0.459 e. The summed E-state index contributed by atoms with van der Waals surface area (Å²) < 4.78 is 31.3. The predicted octanol–water partition coefficient (Wildman–Crippen LogP) is 2.38. The number of esters is 1. The van der Waals surface area contributed by atoms with Crippen molar-refractivity contribution in [3.8, 4) is 0 Å². The molecule has 1 amide bonds. The van der Waals surface area contributed by atoms with E-state index in [1.807, 2.05) is 20.8 Å². The number of nitrogens with one attached hydrogen (secondary N) is 1. The zero-order chi connectivity index (χ0) is 18.7. The monoisotopic (exact) mass is 371 g/mol. The van der Waals surface area contributed by atoms with Crippen LogP contribution in [0.2, 0.25) is 0 Å². The van der Waals surface area contributed by atoms with Gasteiger partial charge in [0.05, 0.1) is 17.1 Å². The second kappa shape index (κ2) is 5.69. The van der Waals surface area contributed by atoms with Crippen molar-refractivity contribution in [2.75, 3.05) is 6.26 Å². The number of amides is 1. The van der Waals surface area contributed by atoms with Crippen molar-refractivity contribution < 1.29 is 22.7 Å². The van der Waals surface area contributed by atoms with Crippen LogP contribution in [0, 0.1) is 22.7 Å². The molecule has 6 nitrogen and oxygen atoms in total. The summed E-state index contributed by atoms with van der Waals surface area (Å²) in [6.45, 7) is 5.71. The highest BCUT2D eigenvalue weighted by Crippen LogP contribution is 2.63. The van der Waals surface area contributed by atoms with Gasteiger partial charge in [-0.05, 0) is 64.2 Å². The van der Waals surface area contributed by atoms with Crippen molar-refractivity contribution in [2.45, 2.75) is 71.3 Å². The molecule has 25 heavy (non-hydrogen) atoms. The minimum atomic E-state index is -3.59. The van der Waals surface area contributed by atoms with Crippen molar-refractivity contribution in [2.24, 2.45) is 22.7 Å². The molecule has 0 aromatic carbocycles. The third-order valence-electron chi connectivity index (χ3n) is 6.51. The highest BCUT2D eigenvalue weighted by atomic mass is 32.2. The summed E-state index contributed by atoms with van der Waals surface area (Å²) in [5.41, 5.74) is -1.88. The third-order valence-corrected chi connectivity index (χ3v) is 7.07. The van der Waals surface area contributed by atoms with E-state index >= 15 is 0 Å². The average Bonchev–Trinajstić information content (AvgIpc) is 2.43. The lowest BCUT2D eigenvalue weighted by Crippen LogP contribution is -2.62. The van der Waals surface area contributed by atoms with E-state index in [1.165, 1.54) is 0 Å². The first-order chi connectivity index (χ1) is 11.4. The number of ether oxygens (including phenoxy) is 1. The number of sulfonamides is 1. The fourth-order valence-electron chi connectivity index (χ4n) is 5.32. The zero-order valence-electron chi connectivity index (χ0n) is 15.6. The number of hydrogen-bond donors (Lipinski definition) is 1. The van der Waals surface area contributed by atoms with Gasteiger partial charge in [0.1, 0.15) is 5.60 Å². The van der Waals surface area contributed by atoms with Gasteiger partial charge >= 0.3 is 5.97 Å². The van der Waals surface area contributed by atoms with Crippen LogP contribution >= 0.6 is 0 Å². The lowest BCUT2D eigenvalue weighted by atomic mass is 9.47. The predicted molar refractivity (Wildman–Crippen MR) is 93.0 cm³/mol. The number of carbonyl (C=O) groups is 2. The average molecular weight is 371 g/mol. The molecule has 142 valence electrons. The van der Waals surface area contributed by atoms with Crippen LogP contribution in [0.25, 0.3) is 0 Å². The Morgan fingerprint density at radius 3 is 2.20 bits per heavy atom. The molecular formula is C18H29NO5S. The van der Waals surface area contributed by atoms with Crippen LogP contribution in [-0.4, -0.2) is 32.2 Å². The molecule has 0 aliphatic heterocycles. The minimum absolute atomic E-state index is 0.212. The maximum atomic E-state index is 12.8. The highest BCUT2D eigenvalue weighted by molar-refractivity contribution is 7.89. The molecule has 0 aromatic heterocycles. The molecule has 0 spiro atoms. The molecule has 2 unspecified atom stereocenters. The lowest BCUT2D eigenvalue weighted by molar-refractivity contribution is -0.210. The number of hydrogen-bond acceptors (Lipinski definition) is 5. The first kappa shape index (κ1) is 18.7. The van der Waals surface area contributed by atoms with E-state index in [4.69, 9.17) is 4.74 Å². The van der Waals surface area contributed by atoms with E-state index in [0.29, 0.717) is 37.5 Å². The lowest BCUT2D eigenvalue weighted by Gasteiger charge is -2.60. The summed E-state index contributed by atoms with van der Waals surface area (Å²) in [5.74, 6) is 0.0168. The van der Waals surface area contributed by atoms with Crippen molar-refractivity contribution in [1.82, 2.24) is 4.72 Å². The first-order valence-corrected chi connectivity index (χ1v) is 11.0. The molecule has 7 heteroatoms. The van der Waals surface area contributed by atoms with Gasteiger partial charge in [0.15, 0.2) is 0 Å². The Labute approximate surface area is 150 Å². The molecule has 0 heterocycles. The molecule has 1 N–H and O–H groups in total. The van der Waals surface area contributed by atoms with Crippen LogP contribution < -0.4 is 4.72 Å². The molecule has 4 aliphatic carbocycles. The summed E-state index contributed by atoms with van der Waals surface area (Å²) in [6, 6.07) is 0. The maximum absolute atomic E-state index is 12.8. The summed E-state index contributed by atoms with van der Waals surface area (Å²) in [6.07, 6.45) is 6.16. The first-order valence-electron chi connectivity index (χ1n) is 9.14. The van der Waals surface area contributed by atoms with Gasteiger partial charge < -0.3 is 4.74 Å². The van der Waals surface area contributed by atoms with Gasteiger partial charge in [0.25, 0.3) is 0 Å². The Kier molecular flexibility index (Phi) is 4.25. The topological polar surface area (TPSA) is 89.5 Å². The Morgan fingerprint density at radius 2 is 1.72 bits per heavy atom. The normalized spacial score (nSPS) is 37.0. The largest absolute Gasteiger partial charge is 0.459 e. The SMILES string of the molecule is CCC(C)(C)C(=O)OC12CC3CC(C1)CC(C(=O)NS(C)(=O)=O)(C3)C2. The Hall–Kier alpha value is -1.11. The number of rotatable bonds is 5. The molecule has 0 radical (unpaired) electrons. The maximum Gasteiger partial charge on any atom is 0.312 e. The Morgan fingerprint density at radius 1 is 1.16 bits per heavy atom. The summed E-state index contributed by atoms with van der Waals surface area (Å²) in [7, 11) is -3.59. The van der Waals surface area contributed by atoms with E-state index in [0.717, 1.165) is 25.5 Å². The zero-order valence-corrected chi connectivity index (χ0v) is 16.4. The van der Waals surface area contributed by atoms with Crippen molar-refractivity contribution in [3.63, 3.8) is 0 Å². The Balaban J connectivity index is 1.86. The summed E-state index contributed by atoms with van der Waals surface area (Å²) in [5, 5.41) is 0. The second-order valence-electron chi connectivity index (χ2n) is 9.25. The van der Waals surface area contributed by atoms with Gasteiger partial charge in [-0.1, -0.05) is 6.92 Å². The van der Waals surface area contributed by atoms with Crippen LogP contribution in [0.5, 0.6) is 0 Å². The van der Waals surface area contributed by atoms with E-state index in [-0.39, 0.29) is 5.97 Å². The fraction of sp³-hybridized carbons (Fsp3) is 0.889. The van der Waals surface area contributed by atoms with Crippen LogP contribution in [0.1, 0.15) is 65.7 Å². The molecule has 4 saturated carbocycles. The van der Waals surface area contributed by atoms with Gasteiger partial charge in [-0.25, -0.2) is 8.42 Å². The van der Waals surface area contributed by atoms with Gasteiger partial charge in [-0.3, -0.25) is 14.3 Å². The second-order valence-corrected chi connectivity index (χ2v) is 11.0. The highest BCUT2D eigenvalue weighted by Gasteiger charge is 2.62. The Bertz CT molecular complexity index is 682. The van der Waals surface area contributed by atoms with Gasteiger partial charge in [0.2, 0.25) is 15.9 Å². The van der Waals surface area contributed by atoms with E-state index in [2.05, 4.69) is 4.72 Å². The van der Waals surface area contributed by atoms with E-state index in [1.54, 1.807) is 0 Å². The molecular weight excluding hydrogens is 342 g/mol. The summed E-state index contributed by atoms with van der Waals surface area (Å²) >= 11 is 0. The smallest absolute Gasteiger partial charge is 0.312 e. The molecule has 4 rings (SSSR count). The van der Waals surface area contributed by atoms with Crippen molar-refractivity contribution in [1.29, 1.82) is 0 Å². The van der Waals surface area contributed by atoms with Gasteiger partial charge in [0, 0.05) is 6.42 Å². The van der Waals surface area contributed by atoms with Crippen LogP contribution in [0.15, 0.2) is 0 Å². The molecule has 4 aliphatic rings. The van der Waals surface area contributed by atoms with Crippen molar-refractivity contribution in [3.05, 3.63) is 0 Å². The molecule has 4 bridgehead atoms. The van der Waals surface area contributed by atoms with Crippen LogP contribution in [-0.2, 0) is 24.3 Å².